The second-order valence-corrected chi connectivity index (χ2v) is 3.64. The van der Waals surface area contributed by atoms with Gasteiger partial charge in [-0.15, -0.1) is 0 Å². The number of nitrogens with zero attached hydrogens (tertiary/aromatic N) is 1. The van der Waals surface area contributed by atoms with Gasteiger partial charge in [0, 0.05) is 0 Å². The molecule has 0 saturated heterocycles. The molecule has 0 fully saturated rings. The average Bonchev–Trinajstić information content (AvgIpc) is 2.03. The van der Waals surface area contributed by atoms with Crippen molar-refractivity contribution in [3.8, 4) is 0 Å². The van der Waals surface area contributed by atoms with Gasteiger partial charge in [-0.3, -0.25) is 0 Å². The van der Waals surface area contributed by atoms with Crippen molar-refractivity contribution in [2.45, 2.75) is 37.4 Å². The Morgan fingerprint density at radius 3 is 1.77 bits per heavy atom. The Morgan fingerprint density at radius 2 is 1.62 bits per heavy atom. The van der Waals surface area contributed by atoms with Crippen LogP contribution in [0.5, 0.6) is 0 Å². The molecule has 0 aliphatic heterocycles. The fourth-order valence-corrected chi connectivity index (χ4v) is 1.45. The maximum atomic E-state index is 10.6. The van der Waals surface area contributed by atoms with Gasteiger partial charge in [-0.25, -0.2) is 0 Å². The first-order valence-corrected chi connectivity index (χ1v) is 4.93. The molecule has 72 valence electrons. The van der Waals surface area contributed by atoms with E-state index in [9.17, 15) is 9.90 Å². The summed E-state index contributed by atoms with van der Waals surface area (Å²) in [6.45, 7) is 3.73. The number of rotatable bonds is 4. The van der Waals surface area contributed by atoms with Crippen LogP contribution < -0.4 is 56.5 Å². The number of carboxylic acid groups (broad SMARTS) is 1. The van der Waals surface area contributed by atoms with Crippen molar-refractivity contribution in [2.75, 3.05) is 0 Å². The maximum absolute atomic E-state index is 10.6. The van der Waals surface area contributed by atoms with Crippen LogP contribution in [0, 0.1) is 0 Å². The summed E-state index contributed by atoms with van der Waals surface area (Å²) < 4.78 is 0. The normalized spacial score (nSPS) is 14.2. The number of hydrogen-bond acceptors (Lipinski definition) is 4. The van der Waals surface area contributed by atoms with E-state index in [1.54, 1.807) is 0 Å². The van der Waals surface area contributed by atoms with Crippen LogP contribution in [0.1, 0.15) is 26.7 Å². The summed E-state index contributed by atoms with van der Waals surface area (Å²) in [5.41, 5.74) is 0. The second kappa shape index (κ2) is 8.88. The number of amides is 1. The number of carbonyl (C=O) groups excluding carboxylic acids is 1. The molecular weight excluding hydrogens is 233 g/mol. The van der Waals surface area contributed by atoms with Crippen LogP contribution in [0.2, 0.25) is 0 Å². The van der Waals surface area contributed by atoms with Gasteiger partial charge >= 0.3 is 51.4 Å². The third-order valence-corrected chi connectivity index (χ3v) is 2.81. The van der Waals surface area contributed by atoms with Crippen molar-refractivity contribution in [1.29, 1.82) is 0 Å². The fraction of sp³-hybridized carbons (Fsp3) is 0.857. The summed E-state index contributed by atoms with van der Waals surface area (Å²) >= 11 is 8.23. The molecule has 3 nitrogen and oxygen atoms in total. The zero-order valence-corrected chi connectivity index (χ0v) is 13.1. The SMILES string of the molecule is CCC(S)N(C(=O)[O-])C(S)CC.[K+]. The van der Waals surface area contributed by atoms with E-state index in [0.29, 0.717) is 12.8 Å². The Morgan fingerprint density at radius 1 is 1.31 bits per heavy atom. The quantitative estimate of drug-likeness (QED) is 0.342. The van der Waals surface area contributed by atoms with Crippen molar-refractivity contribution in [2.24, 2.45) is 0 Å². The smallest absolute Gasteiger partial charge is 0.530 e. The molecule has 0 aliphatic carbocycles. The third kappa shape index (κ3) is 5.91. The van der Waals surface area contributed by atoms with Gasteiger partial charge in [0.1, 0.15) is 6.09 Å². The summed E-state index contributed by atoms with van der Waals surface area (Å²) in [4.78, 5) is 11.8. The molecule has 0 saturated carbocycles. The second-order valence-electron chi connectivity index (χ2n) is 2.45. The maximum Gasteiger partial charge on any atom is 1.00 e. The van der Waals surface area contributed by atoms with Crippen LogP contribution in [0.4, 0.5) is 4.79 Å². The molecule has 6 heteroatoms. The molecule has 2 unspecified atom stereocenters. The first kappa shape index (κ1) is 17.0. The summed E-state index contributed by atoms with van der Waals surface area (Å²) in [6.07, 6.45) is 0.0844. The van der Waals surface area contributed by atoms with Gasteiger partial charge < -0.3 is 14.8 Å². The van der Waals surface area contributed by atoms with Crippen LogP contribution in [0.25, 0.3) is 0 Å². The standard InChI is InChI=1S/C7H15NO2S2.K/c1-3-5(11)8(7(9)10)6(12)4-2;/h5-6,11-12H,3-4H2,1-2H3,(H,9,10);/q;+1/p-1. The summed E-state index contributed by atoms with van der Waals surface area (Å²) in [6, 6.07) is 0. The minimum Gasteiger partial charge on any atom is -0.530 e. The first-order chi connectivity index (χ1) is 5.54. The van der Waals surface area contributed by atoms with E-state index in [1.165, 1.54) is 0 Å². The van der Waals surface area contributed by atoms with Crippen molar-refractivity contribution in [3.63, 3.8) is 0 Å². The van der Waals surface area contributed by atoms with Gasteiger partial charge in [0.2, 0.25) is 0 Å². The molecule has 13 heavy (non-hydrogen) atoms. The van der Waals surface area contributed by atoms with Gasteiger partial charge in [0.25, 0.3) is 0 Å². The fourth-order valence-electron chi connectivity index (χ4n) is 0.835. The molecule has 0 aromatic carbocycles. The Balaban J connectivity index is 0. The van der Waals surface area contributed by atoms with Gasteiger partial charge in [0.15, 0.2) is 0 Å². The average molecular weight is 247 g/mol. The van der Waals surface area contributed by atoms with E-state index in [-0.39, 0.29) is 62.1 Å². The van der Waals surface area contributed by atoms with Crippen LogP contribution in [-0.4, -0.2) is 21.7 Å². The van der Waals surface area contributed by atoms with Crippen LogP contribution in [0.3, 0.4) is 0 Å². The predicted molar refractivity (Wildman–Crippen MR) is 53.4 cm³/mol. The van der Waals surface area contributed by atoms with Crippen LogP contribution in [-0.2, 0) is 0 Å². The Kier molecular flexibility index (Phi) is 11.6. The number of hydrogen-bond donors (Lipinski definition) is 2. The predicted octanol–water partition coefficient (Wildman–Crippen LogP) is -2.03. The van der Waals surface area contributed by atoms with Crippen molar-refractivity contribution >= 4 is 31.4 Å². The largest absolute Gasteiger partial charge is 1.00 e. The van der Waals surface area contributed by atoms with Crippen molar-refractivity contribution in [3.05, 3.63) is 0 Å². The molecule has 0 N–H and O–H groups in total. The molecule has 0 aliphatic rings. The Bertz CT molecular complexity index is 149. The minimum atomic E-state index is -1.21. The monoisotopic (exact) mass is 247 g/mol. The third-order valence-electron chi connectivity index (χ3n) is 1.58. The van der Waals surface area contributed by atoms with E-state index >= 15 is 0 Å². The molecule has 0 spiro atoms. The minimum absolute atomic E-state index is 0. The number of thiol groups is 2. The van der Waals surface area contributed by atoms with E-state index < -0.39 is 6.09 Å². The zero-order chi connectivity index (χ0) is 9.72. The van der Waals surface area contributed by atoms with E-state index in [4.69, 9.17) is 0 Å². The summed E-state index contributed by atoms with van der Waals surface area (Å²) in [7, 11) is 0. The van der Waals surface area contributed by atoms with Crippen molar-refractivity contribution < 1.29 is 61.3 Å². The molecule has 0 radical (unpaired) electrons. The topological polar surface area (TPSA) is 43.4 Å². The van der Waals surface area contributed by atoms with E-state index in [2.05, 4.69) is 25.3 Å². The van der Waals surface area contributed by atoms with Crippen LogP contribution >= 0.6 is 25.3 Å². The van der Waals surface area contributed by atoms with E-state index in [1.807, 2.05) is 13.8 Å². The molecule has 0 aromatic rings. The molecule has 2 atom stereocenters. The molecule has 0 heterocycles. The molecular formula is C7H14KNO2S2. The first-order valence-electron chi connectivity index (χ1n) is 3.90. The van der Waals surface area contributed by atoms with Gasteiger partial charge in [-0.2, -0.15) is 25.3 Å². The Hall–Kier alpha value is 1.61. The van der Waals surface area contributed by atoms with Crippen LogP contribution in [0.15, 0.2) is 0 Å². The van der Waals surface area contributed by atoms with E-state index in [0.717, 1.165) is 4.90 Å². The summed E-state index contributed by atoms with van der Waals surface area (Å²) in [5, 5.41) is 9.97. The van der Waals surface area contributed by atoms with Crippen molar-refractivity contribution in [1.82, 2.24) is 4.90 Å². The Labute approximate surface area is 133 Å². The zero-order valence-electron chi connectivity index (χ0n) is 8.23. The van der Waals surface area contributed by atoms with Gasteiger partial charge in [-0.05, 0) is 12.8 Å². The van der Waals surface area contributed by atoms with Gasteiger partial charge in [0.05, 0.1) is 10.7 Å². The molecule has 0 bridgehead atoms. The molecule has 1 amide bonds. The van der Waals surface area contributed by atoms with Gasteiger partial charge in [-0.1, -0.05) is 13.8 Å². The number of carbonyl (C=O) groups is 1. The summed E-state index contributed by atoms with van der Waals surface area (Å²) in [5.74, 6) is 0. The molecule has 0 rings (SSSR count). The molecule has 0 aromatic heterocycles.